The van der Waals surface area contributed by atoms with Gasteiger partial charge >= 0.3 is 6.03 Å². The van der Waals surface area contributed by atoms with Crippen LogP contribution in [0.25, 0.3) is 0 Å². The number of nitrogens with one attached hydrogen (secondary N) is 1. The average molecular weight is 217 g/mol. The first-order valence-electron chi connectivity index (χ1n) is 5.20. The summed E-state index contributed by atoms with van der Waals surface area (Å²) in [5.41, 5.74) is 1.26. The molecule has 0 radical (unpaired) electrons. The molecular weight excluding hydrogens is 202 g/mol. The van der Waals surface area contributed by atoms with E-state index in [0.717, 1.165) is 6.42 Å². The Balaban J connectivity index is 2.76. The number of benzene rings is 1. The first-order chi connectivity index (χ1) is 7.69. The van der Waals surface area contributed by atoms with Crippen LogP contribution in [0.3, 0.4) is 0 Å². The van der Waals surface area contributed by atoms with Crippen LogP contribution in [0.1, 0.15) is 18.9 Å². The zero-order chi connectivity index (χ0) is 12.0. The summed E-state index contributed by atoms with van der Waals surface area (Å²) in [5, 5.41) is 11.5. The first kappa shape index (κ1) is 12.1. The molecule has 4 nitrogen and oxygen atoms in total. The Bertz CT molecular complexity index is 409. The van der Waals surface area contributed by atoms with Crippen LogP contribution in [0.2, 0.25) is 0 Å². The molecule has 84 valence electrons. The number of hydrogen-bond acceptors (Lipinski definition) is 2. The smallest absolute Gasteiger partial charge is 0.321 e. The summed E-state index contributed by atoms with van der Waals surface area (Å²) in [6.07, 6.45) is 0.901. The van der Waals surface area contributed by atoms with Crippen molar-refractivity contribution in [1.29, 1.82) is 5.26 Å². The minimum atomic E-state index is -0.156. The highest BCUT2D eigenvalue weighted by molar-refractivity contribution is 5.91. The number of urea groups is 1. The van der Waals surface area contributed by atoms with Crippen molar-refractivity contribution >= 4 is 11.7 Å². The lowest BCUT2D eigenvalue weighted by atomic mass is 10.2. The fourth-order valence-corrected chi connectivity index (χ4v) is 1.25. The lowest BCUT2D eigenvalue weighted by molar-refractivity contribution is 0.247. The van der Waals surface area contributed by atoms with E-state index >= 15 is 0 Å². The van der Waals surface area contributed by atoms with Crippen LogP contribution >= 0.6 is 0 Å². The molecule has 1 N–H and O–H groups in total. The molecule has 1 rings (SSSR count). The number of rotatable bonds is 3. The Hall–Kier alpha value is -2.02. The molecule has 0 atom stereocenters. The van der Waals surface area contributed by atoms with Crippen molar-refractivity contribution in [1.82, 2.24) is 5.32 Å². The van der Waals surface area contributed by atoms with E-state index in [1.54, 1.807) is 31.3 Å². The average Bonchev–Trinajstić information content (AvgIpc) is 2.35. The molecule has 1 aromatic rings. The molecule has 0 heterocycles. The molecule has 16 heavy (non-hydrogen) atoms. The Morgan fingerprint density at radius 2 is 2.31 bits per heavy atom. The molecule has 0 spiro atoms. The highest BCUT2D eigenvalue weighted by Gasteiger charge is 2.09. The molecule has 0 aromatic heterocycles. The zero-order valence-electron chi connectivity index (χ0n) is 9.53. The first-order valence-corrected chi connectivity index (χ1v) is 5.20. The second-order valence-corrected chi connectivity index (χ2v) is 3.45. The van der Waals surface area contributed by atoms with Gasteiger partial charge < -0.3 is 5.32 Å². The molecule has 2 amide bonds. The van der Waals surface area contributed by atoms with Crippen LogP contribution < -0.4 is 10.2 Å². The maximum atomic E-state index is 11.6. The van der Waals surface area contributed by atoms with Crippen LogP contribution in [0.15, 0.2) is 24.3 Å². The number of carbonyl (C=O) groups excluding carboxylic acids is 1. The standard InChI is InChI=1S/C12H15N3O/c1-3-7-14-12(16)15(2)11-6-4-5-10(8-11)9-13/h4-6,8H,3,7H2,1-2H3,(H,14,16). The van der Waals surface area contributed by atoms with Gasteiger partial charge in [0.25, 0.3) is 0 Å². The number of carbonyl (C=O) groups is 1. The van der Waals surface area contributed by atoms with Crippen molar-refractivity contribution in [3.05, 3.63) is 29.8 Å². The van der Waals surface area contributed by atoms with Crippen molar-refractivity contribution < 1.29 is 4.79 Å². The Morgan fingerprint density at radius 1 is 1.56 bits per heavy atom. The lowest BCUT2D eigenvalue weighted by Crippen LogP contribution is -2.37. The van der Waals surface area contributed by atoms with Crippen LogP contribution in [0.4, 0.5) is 10.5 Å². The lowest BCUT2D eigenvalue weighted by Gasteiger charge is -2.17. The van der Waals surface area contributed by atoms with E-state index < -0.39 is 0 Å². The summed E-state index contributed by atoms with van der Waals surface area (Å²) in [5.74, 6) is 0. The summed E-state index contributed by atoms with van der Waals surface area (Å²) in [6.45, 7) is 2.65. The fraction of sp³-hybridized carbons (Fsp3) is 0.333. The van der Waals surface area contributed by atoms with Gasteiger partial charge in [-0.3, -0.25) is 4.90 Å². The van der Waals surface area contributed by atoms with Crippen molar-refractivity contribution in [2.75, 3.05) is 18.5 Å². The summed E-state index contributed by atoms with van der Waals surface area (Å²) in [6, 6.07) is 8.85. The summed E-state index contributed by atoms with van der Waals surface area (Å²) >= 11 is 0. The van der Waals surface area contributed by atoms with E-state index in [1.807, 2.05) is 13.0 Å². The minimum absolute atomic E-state index is 0.156. The third-order valence-electron chi connectivity index (χ3n) is 2.19. The number of amides is 2. The molecule has 0 aliphatic carbocycles. The van der Waals surface area contributed by atoms with E-state index in [2.05, 4.69) is 5.32 Å². The maximum absolute atomic E-state index is 11.6. The number of nitriles is 1. The third-order valence-corrected chi connectivity index (χ3v) is 2.19. The van der Waals surface area contributed by atoms with Crippen LogP contribution in [-0.2, 0) is 0 Å². The minimum Gasteiger partial charge on any atom is -0.338 e. The molecule has 4 heteroatoms. The van der Waals surface area contributed by atoms with Crippen molar-refractivity contribution in [2.24, 2.45) is 0 Å². The van der Waals surface area contributed by atoms with Gasteiger partial charge in [0.15, 0.2) is 0 Å². The number of hydrogen-bond donors (Lipinski definition) is 1. The Labute approximate surface area is 95.5 Å². The third kappa shape index (κ3) is 2.99. The van der Waals surface area contributed by atoms with Gasteiger partial charge in [-0.05, 0) is 24.6 Å². The zero-order valence-corrected chi connectivity index (χ0v) is 9.53. The van der Waals surface area contributed by atoms with Crippen LogP contribution in [-0.4, -0.2) is 19.6 Å². The Kier molecular flexibility index (Phi) is 4.34. The van der Waals surface area contributed by atoms with Crippen LogP contribution in [0, 0.1) is 11.3 Å². The van der Waals surface area contributed by atoms with Gasteiger partial charge in [0, 0.05) is 19.3 Å². The second kappa shape index (κ2) is 5.76. The molecule has 0 unspecified atom stereocenters. The molecule has 1 aromatic carbocycles. The topological polar surface area (TPSA) is 56.1 Å². The Morgan fingerprint density at radius 3 is 2.94 bits per heavy atom. The molecule has 0 aliphatic heterocycles. The maximum Gasteiger partial charge on any atom is 0.321 e. The van der Waals surface area contributed by atoms with Gasteiger partial charge in [-0.15, -0.1) is 0 Å². The molecule has 0 aliphatic rings. The summed E-state index contributed by atoms with van der Waals surface area (Å²) in [4.78, 5) is 13.1. The van der Waals surface area contributed by atoms with E-state index in [9.17, 15) is 4.79 Å². The molecule has 0 saturated heterocycles. The monoisotopic (exact) mass is 217 g/mol. The normalized spacial score (nSPS) is 9.31. The van der Waals surface area contributed by atoms with Gasteiger partial charge in [-0.2, -0.15) is 5.26 Å². The van der Waals surface area contributed by atoms with Crippen molar-refractivity contribution in [3.8, 4) is 6.07 Å². The predicted molar refractivity (Wildman–Crippen MR) is 63.2 cm³/mol. The van der Waals surface area contributed by atoms with E-state index in [4.69, 9.17) is 5.26 Å². The fourth-order valence-electron chi connectivity index (χ4n) is 1.25. The van der Waals surface area contributed by atoms with Crippen molar-refractivity contribution in [2.45, 2.75) is 13.3 Å². The highest BCUT2D eigenvalue weighted by Crippen LogP contribution is 2.14. The quantitative estimate of drug-likeness (QED) is 0.843. The number of nitrogens with zero attached hydrogens (tertiary/aromatic N) is 2. The van der Waals surface area contributed by atoms with Gasteiger partial charge in [-0.1, -0.05) is 13.0 Å². The number of anilines is 1. The second-order valence-electron chi connectivity index (χ2n) is 3.45. The molecule has 0 saturated carbocycles. The molecular formula is C12H15N3O. The SMILES string of the molecule is CCCNC(=O)N(C)c1cccc(C#N)c1. The van der Waals surface area contributed by atoms with Crippen LogP contribution in [0.5, 0.6) is 0 Å². The molecule has 0 fully saturated rings. The van der Waals surface area contributed by atoms with E-state index in [0.29, 0.717) is 17.8 Å². The van der Waals surface area contributed by atoms with Gasteiger partial charge in [0.2, 0.25) is 0 Å². The summed E-state index contributed by atoms with van der Waals surface area (Å²) < 4.78 is 0. The van der Waals surface area contributed by atoms with E-state index in [-0.39, 0.29) is 6.03 Å². The van der Waals surface area contributed by atoms with Gasteiger partial charge in [0.1, 0.15) is 0 Å². The highest BCUT2D eigenvalue weighted by atomic mass is 16.2. The van der Waals surface area contributed by atoms with E-state index in [1.165, 1.54) is 4.90 Å². The van der Waals surface area contributed by atoms with Crippen molar-refractivity contribution in [3.63, 3.8) is 0 Å². The van der Waals surface area contributed by atoms with Gasteiger partial charge in [0.05, 0.1) is 11.6 Å². The summed E-state index contributed by atoms with van der Waals surface area (Å²) in [7, 11) is 1.68. The predicted octanol–water partition coefficient (Wildman–Crippen LogP) is 2.11. The largest absolute Gasteiger partial charge is 0.338 e. The molecule has 0 bridgehead atoms. The van der Waals surface area contributed by atoms with Gasteiger partial charge in [-0.25, -0.2) is 4.79 Å².